The van der Waals surface area contributed by atoms with Crippen LogP contribution in [0.5, 0.6) is 0 Å². The number of halogens is 1. The molecule has 6 nitrogen and oxygen atoms in total. The van der Waals surface area contributed by atoms with Crippen LogP contribution in [0.2, 0.25) is 0 Å². The first-order valence-corrected chi connectivity index (χ1v) is 12.1. The second-order valence-electron chi connectivity index (χ2n) is 7.59. The van der Waals surface area contributed by atoms with Crippen molar-refractivity contribution in [1.82, 2.24) is 4.72 Å². The quantitative estimate of drug-likeness (QED) is 0.727. The number of rotatable bonds is 6. The van der Waals surface area contributed by atoms with Gasteiger partial charge < -0.3 is 0 Å². The second-order valence-corrected chi connectivity index (χ2v) is 10.4. The van der Waals surface area contributed by atoms with E-state index in [0.29, 0.717) is 11.3 Å². The van der Waals surface area contributed by atoms with Crippen molar-refractivity contribution in [3.63, 3.8) is 0 Å². The number of carbonyl (C=O) groups excluding carboxylic acids is 2. The highest BCUT2D eigenvalue weighted by Gasteiger charge is 2.35. The molecule has 2 amide bonds. The summed E-state index contributed by atoms with van der Waals surface area (Å²) in [4.78, 5) is 26.6. The molecule has 3 rings (SSSR count). The summed E-state index contributed by atoms with van der Waals surface area (Å²) < 4.78 is 39.4. The van der Waals surface area contributed by atoms with Crippen LogP contribution < -0.4 is 9.62 Å². The van der Waals surface area contributed by atoms with Crippen LogP contribution >= 0.6 is 11.8 Å². The van der Waals surface area contributed by atoms with Crippen molar-refractivity contribution in [2.24, 2.45) is 5.92 Å². The molecule has 1 saturated heterocycles. The number of thioether (sulfide) groups is 1. The predicted molar refractivity (Wildman–Crippen MR) is 116 cm³/mol. The van der Waals surface area contributed by atoms with Gasteiger partial charge in [0.15, 0.2) is 0 Å². The van der Waals surface area contributed by atoms with Gasteiger partial charge in [0.2, 0.25) is 15.9 Å². The Labute approximate surface area is 179 Å². The van der Waals surface area contributed by atoms with Crippen molar-refractivity contribution in [2.45, 2.75) is 26.1 Å². The van der Waals surface area contributed by atoms with Crippen LogP contribution in [-0.4, -0.2) is 31.7 Å². The zero-order valence-electron chi connectivity index (χ0n) is 16.9. The predicted octanol–water partition coefficient (Wildman–Crippen LogP) is 3.63. The third-order valence-corrected chi connectivity index (χ3v) is 7.36. The molecule has 160 valence electrons. The average molecular weight is 451 g/mol. The van der Waals surface area contributed by atoms with Crippen LogP contribution in [0.25, 0.3) is 0 Å². The highest BCUT2D eigenvalue weighted by molar-refractivity contribution is 8.00. The van der Waals surface area contributed by atoms with Gasteiger partial charge in [-0.05, 0) is 54.3 Å². The lowest BCUT2D eigenvalue weighted by atomic mass is 10.1. The molecule has 1 fully saturated rings. The lowest BCUT2D eigenvalue weighted by Gasteiger charge is -2.26. The van der Waals surface area contributed by atoms with Gasteiger partial charge in [0.05, 0.1) is 11.5 Å². The maximum atomic E-state index is 13.3. The van der Waals surface area contributed by atoms with Crippen LogP contribution in [0, 0.1) is 18.7 Å². The maximum absolute atomic E-state index is 13.3. The van der Waals surface area contributed by atoms with Gasteiger partial charge in [-0.1, -0.05) is 26.0 Å². The van der Waals surface area contributed by atoms with Gasteiger partial charge in [0.1, 0.15) is 11.2 Å². The Morgan fingerprint density at radius 1 is 1.23 bits per heavy atom. The maximum Gasteiger partial charge on any atom is 0.264 e. The summed E-state index contributed by atoms with van der Waals surface area (Å²) in [6, 6.07) is 10.7. The lowest BCUT2D eigenvalue weighted by Crippen LogP contribution is -2.34. The van der Waals surface area contributed by atoms with E-state index in [1.54, 1.807) is 49.9 Å². The molecule has 0 saturated carbocycles. The summed E-state index contributed by atoms with van der Waals surface area (Å²) >= 11 is 1.44. The number of benzene rings is 2. The van der Waals surface area contributed by atoms with E-state index in [4.69, 9.17) is 0 Å². The number of aryl methyl sites for hydroxylation is 1. The summed E-state index contributed by atoms with van der Waals surface area (Å²) in [5.74, 6) is -1.11. The third kappa shape index (κ3) is 5.02. The van der Waals surface area contributed by atoms with Crippen LogP contribution in [0.1, 0.15) is 40.7 Å². The van der Waals surface area contributed by atoms with Crippen molar-refractivity contribution >= 4 is 39.3 Å². The largest absolute Gasteiger partial charge is 0.295 e. The molecule has 2 aromatic rings. The summed E-state index contributed by atoms with van der Waals surface area (Å²) in [6.07, 6.45) is 0. The normalized spacial score (nSPS) is 16.9. The third-order valence-electron chi connectivity index (χ3n) is 4.54. The van der Waals surface area contributed by atoms with Crippen molar-refractivity contribution in [2.75, 3.05) is 16.4 Å². The molecule has 2 aromatic carbocycles. The molecule has 1 aliphatic rings. The van der Waals surface area contributed by atoms with E-state index in [2.05, 4.69) is 4.72 Å². The summed E-state index contributed by atoms with van der Waals surface area (Å²) in [5, 5.41) is -0.303. The van der Waals surface area contributed by atoms with E-state index in [0.717, 1.165) is 5.56 Å². The minimum atomic E-state index is -3.72. The smallest absolute Gasteiger partial charge is 0.264 e. The van der Waals surface area contributed by atoms with Gasteiger partial charge >= 0.3 is 0 Å². The van der Waals surface area contributed by atoms with Gasteiger partial charge in [-0.2, -0.15) is 0 Å². The van der Waals surface area contributed by atoms with Crippen LogP contribution in [-0.2, 0) is 14.8 Å². The number of amides is 2. The molecule has 0 bridgehead atoms. The summed E-state index contributed by atoms with van der Waals surface area (Å²) in [6.45, 7) is 5.27. The van der Waals surface area contributed by atoms with Crippen molar-refractivity contribution in [3.8, 4) is 0 Å². The standard InChI is InChI=1S/C21H23FN2O4S2/c1-13(2)12-30(27,28)23-20(26)16-6-9-18(14(3)10-16)24-19(25)11-29-21(24)15-4-7-17(22)8-5-15/h4-10,13,21H,11-12H2,1-3H3,(H,23,26). The molecule has 9 heteroatoms. The molecule has 1 unspecified atom stereocenters. The van der Waals surface area contributed by atoms with Crippen molar-refractivity contribution in [3.05, 3.63) is 65.0 Å². The number of anilines is 1. The first-order valence-electron chi connectivity index (χ1n) is 9.42. The van der Waals surface area contributed by atoms with Gasteiger partial charge in [-0.25, -0.2) is 17.5 Å². The first kappa shape index (κ1) is 22.3. The molecule has 0 aliphatic carbocycles. The monoisotopic (exact) mass is 450 g/mol. The Morgan fingerprint density at radius 2 is 1.90 bits per heavy atom. The number of hydrogen-bond acceptors (Lipinski definition) is 5. The Kier molecular flexibility index (Phi) is 6.52. The molecular formula is C21H23FN2O4S2. The summed E-state index contributed by atoms with van der Waals surface area (Å²) in [5.41, 5.74) is 2.28. The number of carbonyl (C=O) groups is 2. The van der Waals surface area contributed by atoms with E-state index in [-0.39, 0.29) is 40.1 Å². The zero-order chi connectivity index (χ0) is 22.1. The van der Waals surface area contributed by atoms with E-state index < -0.39 is 15.9 Å². The number of nitrogens with zero attached hydrogens (tertiary/aromatic N) is 1. The SMILES string of the molecule is Cc1cc(C(=O)NS(=O)(=O)CC(C)C)ccc1N1C(=O)CSC1c1ccc(F)cc1. The minimum absolute atomic E-state index is 0.0888. The zero-order valence-corrected chi connectivity index (χ0v) is 18.5. The fraction of sp³-hybridized carbons (Fsp3) is 0.333. The minimum Gasteiger partial charge on any atom is -0.295 e. The van der Waals surface area contributed by atoms with Crippen LogP contribution in [0.15, 0.2) is 42.5 Å². The molecule has 1 atom stereocenters. The average Bonchev–Trinajstić information content (AvgIpc) is 3.02. The van der Waals surface area contributed by atoms with Gasteiger partial charge in [-0.15, -0.1) is 11.8 Å². The summed E-state index contributed by atoms with van der Waals surface area (Å²) in [7, 11) is -3.72. The van der Waals surface area contributed by atoms with Gasteiger partial charge in [-0.3, -0.25) is 14.5 Å². The lowest BCUT2D eigenvalue weighted by molar-refractivity contribution is -0.115. The van der Waals surface area contributed by atoms with Gasteiger partial charge in [0.25, 0.3) is 5.91 Å². The van der Waals surface area contributed by atoms with E-state index in [9.17, 15) is 22.4 Å². The van der Waals surface area contributed by atoms with Crippen LogP contribution in [0.4, 0.5) is 10.1 Å². The topological polar surface area (TPSA) is 83.6 Å². The fourth-order valence-corrected chi connectivity index (χ4v) is 5.84. The Morgan fingerprint density at radius 3 is 2.50 bits per heavy atom. The number of nitrogens with one attached hydrogen (secondary N) is 1. The first-order chi connectivity index (χ1) is 14.1. The molecular weight excluding hydrogens is 427 g/mol. The highest BCUT2D eigenvalue weighted by atomic mass is 32.2. The van der Waals surface area contributed by atoms with Crippen molar-refractivity contribution < 1.29 is 22.4 Å². The Bertz CT molecular complexity index is 1070. The molecule has 1 aliphatic heterocycles. The molecule has 0 spiro atoms. The van der Waals surface area contributed by atoms with E-state index in [1.165, 1.54) is 30.0 Å². The van der Waals surface area contributed by atoms with Gasteiger partial charge in [0, 0.05) is 11.3 Å². The molecule has 1 heterocycles. The Balaban J connectivity index is 1.86. The number of sulfonamides is 1. The Hall–Kier alpha value is -2.39. The van der Waals surface area contributed by atoms with Crippen LogP contribution in [0.3, 0.4) is 0 Å². The molecule has 30 heavy (non-hydrogen) atoms. The molecule has 0 radical (unpaired) electrons. The molecule has 1 N–H and O–H groups in total. The van der Waals surface area contributed by atoms with E-state index in [1.807, 2.05) is 0 Å². The van der Waals surface area contributed by atoms with Crippen molar-refractivity contribution in [1.29, 1.82) is 0 Å². The highest BCUT2D eigenvalue weighted by Crippen LogP contribution is 2.42. The fourth-order valence-electron chi connectivity index (χ4n) is 3.31. The molecule has 0 aromatic heterocycles. The van der Waals surface area contributed by atoms with E-state index >= 15 is 0 Å². The number of hydrogen-bond donors (Lipinski definition) is 1. The second kappa shape index (κ2) is 8.77.